The average Bonchev–Trinajstić information content (AvgIpc) is 2.32. The maximum atomic E-state index is 11.2. The van der Waals surface area contributed by atoms with E-state index in [1.807, 2.05) is 19.2 Å². The maximum absolute atomic E-state index is 11.2. The first-order chi connectivity index (χ1) is 9.02. The predicted molar refractivity (Wildman–Crippen MR) is 76.2 cm³/mol. The molecule has 1 aromatic carbocycles. The van der Waals surface area contributed by atoms with E-state index in [1.165, 1.54) is 5.56 Å². The summed E-state index contributed by atoms with van der Waals surface area (Å²) in [5, 5.41) is 9.24. The molecule has 1 fully saturated rings. The van der Waals surface area contributed by atoms with Crippen LogP contribution in [-0.4, -0.2) is 49.3 Å². The lowest BCUT2D eigenvalue weighted by molar-refractivity contribution is -0.182. The molecule has 1 N–H and O–H groups in total. The van der Waals surface area contributed by atoms with Crippen LogP contribution in [-0.2, 0) is 16.0 Å². The number of carboxylic acids is 1. The van der Waals surface area contributed by atoms with E-state index < -0.39 is 11.4 Å². The molecule has 0 bridgehead atoms. The molecule has 2 rings (SSSR count). The molecule has 0 unspecified atom stereocenters. The Morgan fingerprint density at radius 3 is 2.53 bits per heavy atom. The lowest BCUT2D eigenvalue weighted by Crippen LogP contribution is -2.55. The Morgan fingerprint density at radius 2 is 2.05 bits per heavy atom. The molecule has 4 nitrogen and oxygen atoms in total. The molecule has 0 atom stereocenters. The van der Waals surface area contributed by atoms with Gasteiger partial charge < -0.3 is 14.7 Å². The normalized spacial score (nSPS) is 17.2. The van der Waals surface area contributed by atoms with Crippen molar-refractivity contribution in [2.45, 2.75) is 6.42 Å². The van der Waals surface area contributed by atoms with Gasteiger partial charge in [-0.05, 0) is 31.2 Å². The van der Waals surface area contributed by atoms with Crippen molar-refractivity contribution < 1.29 is 14.6 Å². The predicted octanol–water partition coefficient (Wildman–Crippen LogP) is 2.02. The molecule has 5 heteroatoms. The highest BCUT2D eigenvalue weighted by Crippen LogP contribution is 2.28. The van der Waals surface area contributed by atoms with Crippen LogP contribution in [0.1, 0.15) is 5.56 Å². The van der Waals surface area contributed by atoms with E-state index >= 15 is 0 Å². The van der Waals surface area contributed by atoms with Gasteiger partial charge in [0, 0.05) is 17.6 Å². The van der Waals surface area contributed by atoms with Crippen molar-refractivity contribution in [3.8, 4) is 0 Å². The molecule has 104 valence electrons. The summed E-state index contributed by atoms with van der Waals surface area (Å²) in [7, 11) is 1.96. The highest BCUT2D eigenvalue weighted by molar-refractivity contribution is 9.10. The van der Waals surface area contributed by atoms with Crippen LogP contribution in [0.15, 0.2) is 28.7 Å². The largest absolute Gasteiger partial charge is 0.481 e. The van der Waals surface area contributed by atoms with Crippen molar-refractivity contribution in [1.82, 2.24) is 4.90 Å². The van der Waals surface area contributed by atoms with Crippen LogP contribution in [0.2, 0.25) is 0 Å². The molecule has 1 aliphatic heterocycles. The van der Waals surface area contributed by atoms with Crippen molar-refractivity contribution in [3.63, 3.8) is 0 Å². The van der Waals surface area contributed by atoms with E-state index in [4.69, 9.17) is 4.74 Å². The van der Waals surface area contributed by atoms with E-state index in [0.717, 1.165) is 17.4 Å². The third kappa shape index (κ3) is 3.55. The molecule has 0 aliphatic carbocycles. The van der Waals surface area contributed by atoms with Gasteiger partial charge in [0.05, 0.1) is 13.2 Å². The van der Waals surface area contributed by atoms with Gasteiger partial charge in [0.2, 0.25) is 0 Å². The Bertz CT molecular complexity index is 443. The fourth-order valence-electron chi connectivity index (χ4n) is 2.20. The summed E-state index contributed by atoms with van der Waals surface area (Å²) in [5.74, 6) is -0.755. The zero-order chi connectivity index (χ0) is 13.9. The minimum atomic E-state index is -0.755. The number of carbonyl (C=O) groups is 1. The molecule has 1 saturated heterocycles. The first-order valence-corrected chi connectivity index (χ1v) is 7.05. The third-order valence-corrected chi connectivity index (χ3v) is 4.01. The molecular formula is C14H18BrNO3. The number of aliphatic carboxylic acids is 1. The topological polar surface area (TPSA) is 49.8 Å². The number of carboxylic acid groups (broad SMARTS) is 1. The first-order valence-electron chi connectivity index (χ1n) is 6.26. The second-order valence-corrected chi connectivity index (χ2v) is 6.11. The smallest absolute Gasteiger partial charge is 0.315 e. The van der Waals surface area contributed by atoms with Crippen molar-refractivity contribution in [1.29, 1.82) is 0 Å². The zero-order valence-electron chi connectivity index (χ0n) is 10.9. The Labute approximate surface area is 121 Å². The minimum absolute atomic E-state index is 0.324. The van der Waals surface area contributed by atoms with Crippen molar-refractivity contribution >= 4 is 21.9 Å². The number of likely N-dealkylation sites (N-methyl/N-ethyl adjacent to an activating group) is 1. The van der Waals surface area contributed by atoms with Gasteiger partial charge in [0.25, 0.3) is 0 Å². The van der Waals surface area contributed by atoms with E-state index in [2.05, 4.69) is 33.0 Å². The van der Waals surface area contributed by atoms with Crippen molar-refractivity contribution in [2.24, 2.45) is 5.41 Å². The average molecular weight is 328 g/mol. The summed E-state index contributed by atoms with van der Waals surface area (Å²) in [5.41, 5.74) is 0.554. The molecule has 0 aromatic heterocycles. The van der Waals surface area contributed by atoms with Gasteiger partial charge in [-0.25, -0.2) is 0 Å². The van der Waals surface area contributed by atoms with Crippen LogP contribution in [0.3, 0.4) is 0 Å². The molecule has 0 radical (unpaired) electrons. The van der Waals surface area contributed by atoms with Gasteiger partial charge >= 0.3 is 5.97 Å². The number of hydrogen-bond donors (Lipinski definition) is 1. The van der Waals surface area contributed by atoms with Gasteiger partial charge in [0.15, 0.2) is 0 Å². The van der Waals surface area contributed by atoms with Gasteiger partial charge in [0.1, 0.15) is 5.41 Å². The lowest BCUT2D eigenvalue weighted by atomic mass is 9.85. The zero-order valence-corrected chi connectivity index (χ0v) is 12.5. The number of rotatable bonds is 6. The molecule has 0 saturated carbocycles. The summed E-state index contributed by atoms with van der Waals surface area (Å²) in [6.45, 7) is 2.03. The monoisotopic (exact) mass is 327 g/mol. The molecule has 0 spiro atoms. The van der Waals surface area contributed by atoms with Crippen LogP contribution >= 0.6 is 15.9 Å². The number of benzene rings is 1. The van der Waals surface area contributed by atoms with Crippen LogP contribution < -0.4 is 0 Å². The van der Waals surface area contributed by atoms with Gasteiger partial charge in [-0.2, -0.15) is 0 Å². The van der Waals surface area contributed by atoms with Gasteiger partial charge in [-0.1, -0.05) is 28.1 Å². The number of halogens is 1. The quantitative estimate of drug-likeness (QED) is 0.868. The van der Waals surface area contributed by atoms with E-state index in [1.54, 1.807) is 0 Å². The summed E-state index contributed by atoms with van der Waals surface area (Å²) >= 11 is 3.41. The molecule has 1 heterocycles. The Morgan fingerprint density at radius 1 is 1.42 bits per heavy atom. The lowest BCUT2D eigenvalue weighted by Gasteiger charge is -2.40. The van der Waals surface area contributed by atoms with E-state index in [0.29, 0.717) is 19.8 Å². The Balaban J connectivity index is 1.83. The second-order valence-electron chi connectivity index (χ2n) is 5.19. The molecule has 19 heavy (non-hydrogen) atoms. The highest BCUT2D eigenvalue weighted by Gasteiger charge is 2.46. The number of nitrogens with zero attached hydrogens (tertiary/aromatic N) is 1. The fraction of sp³-hybridized carbons (Fsp3) is 0.500. The highest BCUT2D eigenvalue weighted by atomic mass is 79.9. The van der Waals surface area contributed by atoms with Gasteiger partial charge in [-0.3, -0.25) is 4.79 Å². The molecule has 1 aliphatic rings. The minimum Gasteiger partial charge on any atom is -0.481 e. The van der Waals surface area contributed by atoms with E-state index in [-0.39, 0.29) is 0 Å². The number of hydrogen-bond acceptors (Lipinski definition) is 3. The maximum Gasteiger partial charge on any atom is 0.315 e. The molecule has 1 aromatic rings. The SMILES string of the molecule is CN(CCc1ccc(Br)cc1)CC1(C(=O)O)COC1. The van der Waals surface area contributed by atoms with E-state index in [9.17, 15) is 9.90 Å². The van der Waals surface area contributed by atoms with Crippen molar-refractivity contribution in [3.05, 3.63) is 34.3 Å². The standard InChI is InChI=1S/C14H18BrNO3/c1-16(8-14(13(17)18)9-19-10-14)7-6-11-2-4-12(15)5-3-11/h2-5H,6-10H2,1H3,(H,17,18). The second kappa shape index (κ2) is 6.03. The fourth-order valence-corrected chi connectivity index (χ4v) is 2.46. The molecular weight excluding hydrogens is 310 g/mol. The number of ether oxygens (including phenoxy) is 1. The van der Waals surface area contributed by atoms with Crippen LogP contribution in [0.25, 0.3) is 0 Å². The summed E-state index contributed by atoms with van der Waals surface area (Å²) < 4.78 is 6.13. The van der Waals surface area contributed by atoms with Crippen LogP contribution in [0.5, 0.6) is 0 Å². The summed E-state index contributed by atoms with van der Waals surface area (Å²) in [6, 6.07) is 8.20. The third-order valence-electron chi connectivity index (χ3n) is 3.48. The van der Waals surface area contributed by atoms with Crippen LogP contribution in [0.4, 0.5) is 0 Å². The Kier molecular flexibility index (Phi) is 4.60. The van der Waals surface area contributed by atoms with Gasteiger partial charge in [-0.15, -0.1) is 0 Å². The first kappa shape index (κ1) is 14.5. The summed E-state index contributed by atoms with van der Waals surface area (Å²) in [4.78, 5) is 13.3. The Hall–Kier alpha value is -0.910. The molecule has 0 amide bonds. The van der Waals surface area contributed by atoms with Crippen molar-refractivity contribution in [2.75, 3.05) is 33.4 Å². The summed E-state index contributed by atoms with van der Waals surface area (Å²) in [6.07, 6.45) is 0.917. The van der Waals surface area contributed by atoms with Crippen LogP contribution in [0, 0.1) is 5.41 Å².